The maximum Gasteiger partial charge on any atom is 0.244 e. The van der Waals surface area contributed by atoms with Crippen LogP contribution in [0.1, 0.15) is 19.4 Å². The number of rotatable bonds is 9. The van der Waals surface area contributed by atoms with Gasteiger partial charge in [0.05, 0.1) is 22.0 Å². The van der Waals surface area contributed by atoms with E-state index < -0.39 is 28.5 Å². The average molecular weight is 521 g/mol. The highest BCUT2D eigenvalue weighted by Gasteiger charge is 2.30. The highest BCUT2D eigenvalue weighted by molar-refractivity contribution is 7.92. The van der Waals surface area contributed by atoms with Crippen LogP contribution < -0.4 is 9.62 Å². The van der Waals surface area contributed by atoms with E-state index in [1.54, 1.807) is 38.1 Å². The van der Waals surface area contributed by atoms with Gasteiger partial charge in [-0.25, -0.2) is 8.42 Å². The Morgan fingerprint density at radius 2 is 1.69 bits per heavy atom. The molecule has 0 radical (unpaired) electrons. The molecule has 0 aliphatic heterocycles. The lowest BCUT2D eigenvalue weighted by Crippen LogP contribution is -2.51. The van der Waals surface area contributed by atoms with Crippen molar-refractivity contribution in [1.82, 2.24) is 10.2 Å². The molecule has 174 valence electrons. The van der Waals surface area contributed by atoms with E-state index in [0.717, 1.165) is 10.6 Å². The van der Waals surface area contributed by atoms with Gasteiger partial charge in [0, 0.05) is 18.1 Å². The van der Waals surface area contributed by atoms with Crippen LogP contribution in [0.4, 0.5) is 5.69 Å². The predicted octanol–water partition coefficient (Wildman–Crippen LogP) is 3.97. The van der Waals surface area contributed by atoms with Gasteiger partial charge in [-0.1, -0.05) is 53.0 Å². The second-order valence-corrected chi connectivity index (χ2v) is 10.2. The molecule has 32 heavy (non-hydrogen) atoms. The minimum Gasteiger partial charge on any atom is -0.355 e. The van der Waals surface area contributed by atoms with Crippen LogP contribution in [0.2, 0.25) is 15.1 Å². The van der Waals surface area contributed by atoms with Crippen molar-refractivity contribution < 1.29 is 18.0 Å². The minimum absolute atomic E-state index is 0.0236. The summed E-state index contributed by atoms with van der Waals surface area (Å²) in [5.74, 6) is -0.950. The van der Waals surface area contributed by atoms with Gasteiger partial charge in [-0.3, -0.25) is 13.9 Å². The Kier molecular flexibility index (Phi) is 9.21. The van der Waals surface area contributed by atoms with E-state index in [4.69, 9.17) is 34.8 Å². The number of hydrogen-bond acceptors (Lipinski definition) is 4. The van der Waals surface area contributed by atoms with Crippen LogP contribution in [-0.2, 0) is 26.2 Å². The molecule has 7 nitrogen and oxygen atoms in total. The highest BCUT2D eigenvalue weighted by atomic mass is 35.5. The van der Waals surface area contributed by atoms with Crippen molar-refractivity contribution in [2.45, 2.75) is 26.4 Å². The number of nitrogens with zero attached hydrogens (tertiary/aromatic N) is 2. The Morgan fingerprint density at radius 3 is 2.25 bits per heavy atom. The monoisotopic (exact) mass is 519 g/mol. The van der Waals surface area contributed by atoms with Gasteiger partial charge in [-0.15, -0.1) is 0 Å². The van der Waals surface area contributed by atoms with Gasteiger partial charge in [0.15, 0.2) is 0 Å². The zero-order chi connectivity index (χ0) is 24.1. The van der Waals surface area contributed by atoms with Crippen molar-refractivity contribution in [3.05, 3.63) is 63.1 Å². The topological polar surface area (TPSA) is 86.8 Å². The molecule has 2 aromatic rings. The number of nitrogens with one attached hydrogen (secondary N) is 1. The van der Waals surface area contributed by atoms with Crippen LogP contribution in [0.3, 0.4) is 0 Å². The molecule has 0 aromatic heterocycles. The van der Waals surface area contributed by atoms with Crippen LogP contribution in [0, 0.1) is 0 Å². The number of halogens is 3. The first-order valence-electron chi connectivity index (χ1n) is 9.69. The fourth-order valence-corrected chi connectivity index (χ4v) is 4.30. The third-order valence-corrected chi connectivity index (χ3v) is 6.94. The number of hydrogen-bond donors (Lipinski definition) is 1. The number of amides is 2. The lowest BCUT2D eigenvalue weighted by atomic mass is 10.1. The zero-order valence-electron chi connectivity index (χ0n) is 17.8. The Morgan fingerprint density at radius 1 is 1.03 bits per heavy atom. The average Bonchev–Trinajstić information content (AvgIpc) is 2.72. The normalized spacial score (nSPS) is 12.2. The molecule has 11 heteroatoms. The Labute approximate surface area is 203 Å². The van der Waals surface area contributed by atoms with Crippen molar-refractivity contribution in [1.29, 1.82) is 0 Å². The van der Waals surface area contributed by atoms with Gasteiger partial charge < -0.3 is 10.2 Å². The summed E-state index contributed by atoms with van der Waals surface area (Å²) in [5, 5.41) is 3.51. The standard InChI is InChI=1S/C21H24Cl3N3O4S/c1-4-25-21(29)14(2)26(12-15-7-5-6-8-17(15)22)20(28)13-27(32(3,30)31)16-9-10-18(23)19(24)11-16/h5-11,14H,4,12-13H2,1-3H3,(H,25,29). The summed E-state index contributed by atoms with van der Waals surface area (Å²) in [4.78, 5) is 27.1. The number of sulfonamides is 1. The van der Waals surface area contributed by atoms with Crippen LogP contribution in [0.15, 0.2) is 42.5 Å². The van der Waals surface area contributed by atoms with Crippen LogP contribution in [-0.4, -0.2) is 50.5 Å². The number of benzene rings is 2. The van der Waals surface area contributed by atoms with Crippen molar-refractivity contribution in [2.24, 2.45) is 0 Å². The molecule has 0 aliphatic rings. The van der Waals surface area contributed by atoms with Gasteiger partial charge in [0.2, 0.25) is 21.8 Å². The van der Waals surface area contributed by atoms with E-state index in [2.05, 4.69) is 5.32 Å². The van der Waals surface area contributed by atoms with Crippen LogP contribution in [0.5, 0.6) is 0 Å². The molecule has 0 saturated heterocycles. The molecule has 2 rings (SSSR count). The summed E-state index contributed by atoms with van der Waals surface area (Å²) in [5.41, 5.74) is 0.803. The third kappa shape index (κ3) is 6.75. The van der Waals surface area contributed by atoms with E-state index in [1.807, 2.05) is 0 Å². The molecule has 1 unspecified atom stereocenters. The maximum absolute atomic E-state index is 13.3. The van der Waals surface area contributed by atoms with Gasteiger partial charge in [0.1, 0.15) is 12.6 Å². The lowest BCUT2D eigenvalue weighted by molar-refractivity contribution is -0.139. The van der Waals surface area contributed by atoms with Crippen molar-refractivity contribution in [2.75, 3.05) is 23.7 Å². The van der Waals surface area contributed by atoms with E-state index >= 15 is 0 Å². The van der Waals surface area contributed by atoms with Gasteiger partial charge in [-0.2, -0.15) is 0 Å². The fourth-order valence-electron chi connectivity index (χ4n) is 2.97. The second kappa shape index (κ2) is 11.2. The zero-order valence-corrected chi connectivity index (χ0v) is 20.9. The summed E-state index contributed by atoms with van der Waals surface area (Å²) in [7, 11) is -3.86. The Hall–Kier alpha value is -2.00. The van der Waals surface area contributed by atoms with Crippen molar-refractivity contribution in [3.63, 3.8) is 0 Å². The van der Waals surface area contributed by atoms with Crippen LogP contribution in [0.25, 0.3) is 0 Å². The lowest BCUT2D eigenvalue weighted by Gasteiger charge is -2.31. The molecule has 0 aliphatic carbocycles. The number of carbonyl (C=O) groups is 2. The van der Waals surface area contributed by atoms with Crippen molar-refractivity contribution >= 4 is 62.3 Å². The Bertz CT molecular complexity index is 1100. The minimum atomic E-state index is -3.86. The molecule has 1 N–H and O–H groups in total. The molecule has 2 amide bonds. The molecule has 2 aromatic carbocycles. The summed E-state index contributed by atoms with van der Waals surface area (Å²) < 4.78 is 25.9. The molecule has 0 heterocycles. The smallest absolute Gasteiger partial charge is 0.244 e. The van der Waals surface area contributed by atoms with E-state index in [9.17, 15) is 18.0 Å². The Balaban J connectivity index is 2.42. The molecular formula is C21H24Cl3N3O4S. The molecular weight excluding hydrogens is 497 g/mol. The number of anilines is 1. The molecule has 0 saturated carbocycles. The number of likely N-dealkylation sites (N-methyl/N-ethyl adjacent to an activating group) is 1. The summed E-state index contributed by atoms with van der Waals surface area (Å²) in [6, 6.07) is 10.3. The summed E-state index contributed by atoms with van der Waals surface area (Å²) in [6.07, 6.45) is 0.981. The van der Waals surface area contributed by atoms with Crippen LogP contribution >= 0.6 is 34.8 Å². The van der Waals surface area contributed by atoms with Gasteiger partial charge in [0.25, 0.3) is 0 Å². The first kappa shape index (κ1) is 26.3. The molecule has 1 atom stereocenters. The summed E-state index contributed by atoms with van der Waals surface area (Å²) >= 11 is 18.2. The van der Waals surface area contributed by atoms with Gasteiger partial charge in [-0.05, 0) is 43.7 Å². The van der Waals surface area contributed by atoms with Gasteiger partial charge >= 0.3 is 0 Å². The van der Waals surface area contributed by atoms with Crippen molar-refractivity contribution in [3.8, 4) is 0 Å². The highest BCUT2D eigenvalue weighted by Crippen LogP contribution is 2.28. The number of carbonyl (C=O) groups excluding carboxylic acids is 2. The van der Waals surface area contributed by atoms with E-state index in [-0.39, 0.29) is 28.2 Å². The molecule has 0 fully saturated rings. The maximum atomic E-state index is 13.3. The molecule has 0 bridgehead atoms. The summed E-state index contributed by atoms with van der Waals surface area (Å²) in [6.45, 7) is 3.21. The fraction of sp³-hybridized carbons (Fsp3) is 0.333. The quantitative estimate of drug-likeness (QED) is 0.542. The first-order chi connectivity index (χ1) is 15.0. The van der Waals surface area contributed by atoms with E-state index in [0.29, 0.717) is 17.1 Å². The predicted molar refractivity (Wildman–Crippen MR) is 129 cm³/mol. The third-order valence-electron chi connectivity index (χ3n) is 4.69. The second-order valence-electron chi connectivity index (χ2n) is 7.05. The SMILES string of the molecule is CCNC(=O)C(C)N(Cc1ccccc1Cl)C(=O)CN(c1ccc(Cl)c(Cl)c1)S(C)(=O)=O. The largest absolute Gasteiger partial charge is 0.355 e. The van der Waals surface area contributed by atoms with E-state index in [1.165, 1.54) is 23.1 Å². The molecule has 0 spiro atoms. The first-order valence-corrected chi connectivity index (χ1v) is 12.7.